The molecule has 0 N–H and O–H groups in total. The number of hydrogen-bond acceptors (Lipinski definition) is 3. The summed E-state index contributed by atoms with van der Waals surface area (Å²) in [5.41, 5.74) is 3.02. The van der Waals surface area contributed by atoms with Gasteiger partial charge in [-0.3, -0.25) is 0 Å². The molecule has 0 spiro atoms. The molecule has 0 bridgehead atoms. The Morgan fingerprint density at radius 3 is 2.56 bits per heavy atom. The van der Waals surface area contributed by atoms with Gasteiger partial charge < -0.3 is 4.74 Å². The van der Waals surface area contributed by atoms with Gasteiger partial charge in [-0.15, -0.1) is 0 Å². The molecule has 0 amide bonds. The van der Waals surface area contributed by atoms with Crippen molar-refractivity contribution in [2.75, 3.05) is 0 Å². The molecule has 0 saturated heterocycles. The lowest BCUT2D eigenvalue weighted by molar-refractivity contribution is 0.0723. The summed E-state index contributed by atoms with van der Waals surface area (Å²) in [6.45, 7) is 4.04. The lowest BCUT2D eigenvalue weighted by atomic mass is 10.2. The number of carbonyl (C=O) groups is 1. The molecular weight excluding hydrogens is 319 g/mol. The number of aromatic nitrogens is 2. The van der Waals surface area contributed by atoms with Crippen molar-refractivity contribution >= 4 is 5.97 Å². The van der Waals surface area contributed by atoms with Crippen LogP contribution >= 0.6 is 0 Å². The van der Waals surface area contributed by atoms with Gasteiger partial charge in [0, 0.05) is 6.07 Å². The van der Waals surface area contributed by atoms with E-state index in [4.69, 9.17) is 4.74 Å². The van der Waals surface area contributed by atoms with E-state index < -0.39 is 11.8 Å². The molecule has 5 heteroatoms. The van der Waals surface area contributed by atoms with Crippen molar-refractivity contribution in [1.82, 2.24) is 9.78 Å². The van der Waals surface area contributed by atoms with Crippen LogP contribution in [-0.4, -0.2) is 15.7 Å². The van der Waals surface area contributed by atoms with Gasteiger partial charge in [0.15, 0.2) is 0 Å². The molecule has 0 radical (unpaired) electrons. The van der Waals surface area contributed by atoms with E-state index >= 15 is 0 Å². The standard InChI is InChI=1S/C20H19FN2O2/c1-3-6-17-13-19(23(22-17)18-8-5-4-7-14(18)2)25-20(24)15-9-11-16(21)12-10-15/h4-5,7-13H,3,6H2,1-2H3. The largest absolute Gasteiger partial charge is 0.404 e. The SMILES string of the molecule is CCCc1cc(OC(=O)c2ccc(F)cc2)n(-c2ccccc2C)n1. The van der Waals surface area contributed by atoms with Crippen LogP contribution in [0.15, 0.2) is 54.6 Å². The second kappa shape index (κ2) is 7.30. The molecule has 0 atom stereocenters. The van der Waals surface area contributed by atoms with Crippen LogP contribution in [0.3, 0.4) is 0 Å². The van der Waals surface area contributed by atoms with E-state index in [9.17, 15) is 9.18 Å². The molecular formula is C20H19FN2O2. The molecule has 128 valence electrons. The van der Waals surface area contributed by atoms with Crippen LogP contribution in [-0.2, 0) is 6.42 Å². The second-order valence-corrected chi connectivity index (χ2v) is 5.82. The Morgan fingerprint density at radius 1 is 1.16 bits per heavy atom. The zero-order chi connectivity index (χ0) is 17.8. The number of aryl methyl sites for hydroxylation is 2. The number of para-hydroxylation sites is 1. The lowest BCUT2D eigenvalue weighted by Crippen LogP contribution is -2.12. The van der Waals surface area contributed by atoms with E-state index in [1.807, 2.05) is 31.2 Å². The van der Waals surface area contributed by atoms with Crippen molar-refractivity contribution in [3.63, 3.8) is 0 Å². The Kier molecular flexibility index (Phi) is 4.93. The Balaban J connectivity index is 1.96. The quantitative estimate of drug-likeness (QED) is 0.644. The number of benzene rings is 2. The molecule has 0 saturated carbocycles. The fourth-order valence-corrected chi connectivity index (χ4v) is 2.57. The highest BCUT2D eigenvalue weighted by Crippen LogP contribution is 2.23. The summed E-state index contributed by atoms with van der Waals surface area (Å²) >= 11 is 0. The highest BCUT2D eigenvalue weighted by Gasteiger charge is 2.16. The summed E-state index contributed by atoms with van der Waals surface area (Å²) in [6, 6.07) is 14.8. The molecule has 3 aromatic rings. The molecule has 0 fully saturated rings. The molecule has 1 aromatic heterocycles. The minimum absolute atomic E-state index is 0.288. The number of esters is 1. The van der Waals surface area contributed by atoms with Gasteiger partial charge in [0.05, 0.1) is 16.9 Å². The monoisotopic (exact) mass is 338 g/mol. The topological polar surface area (TPSA) is 44.1 Å². The molecule has 3 rings (SSSR count). The van der Waals surface area contributed by atoms with Crippen LogP contribution in [0.4, 0.5) is 4.39 Å². The number of carbonyl (C=O) groups excluding carboxylic acids is 1. The van der Waals surface area contributed by atoms with Gasteiger partial charge >= 0.3 is 5.97 Å². The number of halogens is 1. The summed E-state index contributed by atoms with van der Waals surface area (Å²) in [5.74, 6) is -0.586. The Labute approximate surface area is 145 Å². The van der Waals surface area contributed by atoms with Gasteiger partial charge in [0.25, 0.3) is 0 Å². The highest BCUT2D eigenvalue weighted by atomic mass is 19.1. The first-order chi connectivity index (χ1) is 12.1. The minimum atomic E-state index is -0.544. The van der Waals surface area contributed by atoms with Crippen LogP contribution in [0.25, 0.3) is 5.69 Å². The van der Waals surface area contributed by atoms with Crippen LogP contribution in [0.2, 0.25) is 0 Å². The van der Waals surface area contributed by atoms with Crippen molar-refractivity contribution in [3.05, 3.63) is 77.2 Å². The third kappa shape index (κ3) is 3.76. The first kappa shape index (κ1) is 16.9. The molecule has 0 unspecified atom stereocenters. The van der Waals surface area contributed by atoms with Gasteiger partial charge in [-0.25, -0.2) is 13.9 Å². The first-order valence-corrected chi connectivity index (χ1v) is 8.21. The van der Waals surface area contributed by atoms with E-state index in [1.165, 1.54) is 24.3 Å². The highest BCUT2D eigenvalue weighted by molar-refractivity contribution is 5.90. The van der Waals surface area contributed by atoms with Gasteiger partial charge in [0.1, 0.15) is 5.82 Å². The summed E-state index contributed by atoms with van der Waals surface area (Å²) in [7, 11) is 0. The normalized spacial score (nSPS) is 10.7. The van der Waals surface area contributed by atoms with Gasteiger partial charge in [-0.1, -0.05) is 31.5 Å². The molecule has 25 heavy (non-hydrogen) atoms. The van der Waals surface area contributed by atoms with Crippen LogP contribution < -0.4 is 4.74 Å². The maximum Gasteiger partial charge on any atom is 0.344 e. The maximum atomic E-state index is 13.0. The summed E-state index contributed by atoms with van der Waals surface area (Å²) in [4.78, 5) is 12.4. The summed E-state index contributed by atoms with van der Waals surface area (Å²) in [5, 5.41) is 4.57. The maximum absolute atomic E-state index is 13.0. The van der Waals surface area contributed by atoms with Crippen molar-refractivity contribution in [3.8, 4) is 11.6 Å². The zero-order valence-corrected chi connectivity index (χ0v) is 14.2. The number of nitrogens with zero attached hydrogens (tertiary/aromatic N) is 2. The molecule has 1 heterocycles. The van der Waals surface area contributed by atoms with Gasteiger partial charge in [-0.05, 0) is 49.2 Å². The van der Waals surface area contributed by atoms with E-state index in [0.717, 1.165) is 29.8 Å². The van der Waals surface area contributed by atoms with E-state index in [-0.39, 0.29) is 5.56 Å². The Morgan fingerprint density at radius 2 is 1.88 bits per heavy atom. The Hall–Kier alpha value is -2.95. The predicted molar refractivity (Wildman–Crippen MR) is 93.7 cm³/mol. The van der Waals surface area contributed by atoms with Crippen molar-refractivity contribution in [2.24, 2.45) is 0 Å². The van der Waals surface area contributed by atoms with Crippen molar-refractivity contribution < 1.29 is 13.9 Å². The summed E-state index contributed by atoms with van der Waals surface area (Å²) in [6.07, 6.45) is 1.73. The zero-order valence-electron chi connectivity index (χ0n) is 14.2. The predicted octanol–water partition coefficient (Wildman–Crippen LogP) is 4.49. The number of ether oxygens (including phenoxy) is 1. The molecule has 0 aliphatic heterocycles. The first-order valence-electron chi connectivity index (χ1n) is 8.21. The third-order valence-electron chi connectivity index (χ3n) is 3.85. The van der Waals surface area contributed by atoms with Crippen LogP contribution in [0.1, 0.15) is 35.0 Å². The molecule has 0 aliphatic carbocycles. The number of hydrogen-bond donors (Lipinski definition) is 0. The van der Waals surface area contributed by atoms with Crippen LogP contribution in [0, 0.1) is 12.7 Å². The van der Waals surface area contributed by atoms with Crippen molar-refractivity contribution in [1.29, 1.82) is 0 Å². The van der Waals surface area contributed by atoms with E-state index in [2.05, 4.69) is 12.0 Å². The average Bonchev–Trinajstić information content (AvgIpc) is 2.98. The molecule has 4 nitrogen and oxygen atoms in total. The van der Waals surface area contributed by atoms with E-state index in [0.29, 0.717) is 5.88 Å². The average molecular weight is 338 g/mol. The van der Waals surface area contributed by atoms with Gasteiger partial charge in [-0.2, -0.15) is 5.10 Å². The smallest absolute Gasteiger partial charge is 0.344 e. The third-order valence-corrected chi connectivity index (χ3v) is 3.85. The van der Waals surface area contributed by atoms with Crippen molar-refractivity contribution in [2.45, 2.75) is 26.7 Å². The fraction of sp³-hybridized carbons (Fsp3) is 0.200. The number of rotatable bonds is 5. The Bertz CT molecular complexity index is 885. The van der Waals surface area contributed by atoms with E-state index in [1.54, 1.807) is 10.7 Å². The molecule has 0 aliphatic rings. The molecule has 2 aromatic carbocycles. The fourth-order valence-electron chi connectivity index (χ4n) is 2.57. The minimum Gasteiger partial charge on any atom is -0.404 e. The summed E-state index contributed by atoms with van der Waals surface area (Å²) < 4.78 is 20.2. The van der Waals surface area contributed by atoms with Gasteiger partial charge in [0.2, 0.25) is 5.88 Å². The van der Waals surface area contributed by atoms with Crippen LogP contribution in [0.5, 0.6) is 5.88 Å². The second-order valence-electron chi connectivity index (χ2n) is 5.82. The lowest BCUT2D eigenvalue weighted by Gasteiger charge is -2.10.